The molecule has 2 heterocycles. The second-order valence-corrected chi connectivity index (χ2v) is 8.18. The minimum Gasteiger partial charge on any atom is -0.493 e. The van der Waals surface area contributed by atoms with E-state index in [2.05, 4.69) is 4.90 Å². The van der Waals surface area contributed by atoms with Crippen molar-refractivity contribution in [2.24, 2.45) is 0 Å². The highest BCUT2D eigenvalue weighted by atomic mass is 19.1. The highest BCUT2D eigenvalue weighted by Crippen LogP contribution is 2.42. The lowest BCUT2D eigenvalue weighted by molar-refractivity contribution is 0.0949. The van der Waals surface area contributed by atoms with Crippen LogP contribution in [0.1, 0.15) is 27.0 Å². The Morgan fingerprint density at radius 1 is 1.03 bits per heavy atom. The van der Waals surface area contributed by atoms with E-state index in [0.717, 1.165) is 29.8 Å². The van der Waals surface area contributed by atoms with Crippen LogP contribution in [-0.4, -0.2) is 38.2 Å². The van der Waals surface area contributed by atoms with Gasteiger partial charge in [0, 0.05) is 13.1 Å². The molecule has 0 radical (unpaired) electrons. The van der Waals surface area contributed by atoms with Gasteiger partial charge in [0.1, 0.15) is 24.0 Å². The first-order valence-electron chi connectivity index (χ1n) is 11.0. The van der Waals surface area contributed by atoms with Crippen LogP contribution in [0, 0.1) is 5.82 Å². The molecule has 0 aromatic heterocycles. The van der Waals surface area contributed by atoms with E-state index >= 15 is 0 Å². The van der Waals surface area contributed by atoms with E-state index in [0.29, 0.717) is 41.7 Å². The van der Waals surface area contributed by atoms with Crippen molar-refractivity contribution in [1.82, 2.24) is 4.90 Å². The fourth-order valence-electron chi connectivity index (χ4n) is 4.18. The van der Waals surface area contributed by atoms with Crippen LogP contribution in [0.25, 0.3) is 6.08 Å². The number of allylic oxidation sites excluding steroid dienone is 1. The van der Waals surface area contributed by atoms with Gasteiger partial charge in [-0.05, 0) is 60.0 Å². The highest BCUT2D eigenvalue weighted by molar-refractivity contribution is 6.15. The number of benzene rings is 3. The molecule has 3 aromatic carbocycles. The Morgan fingerprint density at radius 3 is 2.59 bits per heavy atom. The summed E-state index contributed by atoms with van der Waals surface area (Å²) < 4.78 is 35.9. The zero-order valence-corrected chi connectivity index (χ0v) is 19.0. The molecule has 6 nitrogen and oxygen atoms in total. The maximum absolute atomic E-state index is 13.2. The Labute approximate surface area is 197 Å². The molecule has 7 heteroatoms. The standard InChI is InChI=1S/C27H24FNO5/c1-31-23-9-5-18(13-24(23)32-2)11-12-29-15-21-22(33-16-29)10-8-20-26(30)25(34-27(20)21)14-17-3-6-19(28)7-4-17/h3-10,13-14H,11-12,15-16H2,1-2H3/b25-14-. The molecule has 0 aliphatic carbocycles. The Kier molecular flexibility index (Phi) is 5.94. The first-order valence-corrected chi connectivity index (χ1v) is 11.0. The number of ether oxygens (including phenoxy) is 4. The summed E-state index contributed by atoms with van der Waals surface area (Å²) in [6.45, 7) is 1.80. The van der Waals surface area contributed by atoms with Crippen LogP contribution < -0.4 is 18.9 Å². The summed E-state index contributed by atoms with van der Waals surface area (Å²) in [6, 6.07) is 15.4. The molecule has 0 saturated carbocycles. The van der Waals surface area contributed by atoms with Crippen LogP contribution in [0.4, 0.5) is 4.39 Å². The van der Waals surface area contributed by atoms with Gasteiger partial charge in [-0.3, -0.25) is 9.69 Å². The quantitative estimate of drug-likeness (QED) is 0.489. The van der Waals surface area contributed by atoms with E-state index in [1.54, 1.807) is 38.5 Å². The number of nitrogens with zero attached hydrogens (tertiary/aromatic N) is 1. The number of Topliss-reactive ketones (excluding diaryl/α,β-unsaturated/α-hetero) is 1. The maximum atomic E-state index is 13.2. The fraction of sp³-hybridized carbons (Fsp3) is 0.222. The van der Waals surface area contributed by atoms with Crippen molar-refractivity contribution in [1.29, 1.82) is 0 Å². The molecular formula is C27H24FNO5. The Bertz CT molecular complexity index is 1270. The summed E-state index contributed by atoms with van der Waals surface area (Å²) in [4.78, 5) is 15.1. The summed E-state index contributed by atoms with van der Waals surface area (Å²) in [5, 5.41) is 0. The zero-order valence-electron chi connectivity index (χ0n) is 19.0. The molecule has 0 unspecified atom stereocenters. The molecule has 0 bridgehead atoms. The monoisotopic (exact) mass is 461 g/mol. The third-order valence-corrected chi connectivity index (χ3v) is 6.01. The van der Waals surface area contributed by atoms with Gasteiger partial charge in [-0.15, -0.1) is 0 Å². The number of rotatable bonds is 6. The summed E-state index contributed by atoms with van der Waals surface area (Å²) in [5.74, 6) is 2.35. The molecule has 34 heavy (non-hydrogen) atoms. The minimum absolute atomic E-state index is 0.190. The number of ketones is 1. The zero-order chi connectivity index (χ0) is 23.7. The van der Waals surface area contributed by atoms with E-state index in [9.17, 15) is 9.18 Å². The van der Waals surface area contributed by atoms with Crippen molar-refractivity contribution >= 4 is 11.9 Å². The van der Waals surface area contributed by atoms with Crippen LogP contribution in [-0.2, 0) is 13.0 Å². The molecule has 0 N–H and O–H groups in total. The van der Waals surface area contributed by atoms with Gasteiger partial charge in [-0.1, -0.05) is 18.2 Å². The minimum atomic E-state index is -0.330. The van der Waals surface area contributed by atoms with Crippen LogP contribution in [0.3, 0.4) is 0 Å². The van der Waals surface area contributed by atoms with Crippen LogP contribution >= 0.6 is 0 Å². The van der Waals surface area contributed by atoms with Crippen LogP contribution in [0.5, 0.6) is 23.0 Å². The third kappa shape index (κ3) is 4.22. The number of methoxy groups -OCH3 is 2. The van der Waals surface area contributed by atoms with Gasteiger partial charge in [0.05, 0.1) is 25.3 Å². The SMILES string of the molecule is COc1ccc(CCN2COc3ccc4c(c3C2)O/C(=C\c2ccc(F)cc2)C4=O)cc1OC. The van der Waals surface area contributed by atoms with E-state index in [4.69, 9.17) is 18.9 Å². The fourth-order valence-corrected chi connectivity index (χ4v) is 4.18. The van der Waals surface area contributed by atoms with E-state index < -0.39 is 0 Å². The third-order valence-electron chi connectivity index (χ3n) is 6.01. The lowest BCUT2D eigenvalue weighted by Crippen LogP contribution is -2.33. The van der Waals surface area contributed by atoms with Gasteiger partial charge in [-0.2, -0.15) is 0 Å². The summed E-state index contributed by atoms with van der Waals surface area (Å²) in [6.07, 6.45) is 2.43. The van der Waals surface area contributed by atoms with Crippen molar-refractivity contribution < 1.29 is 28.1 Å². The molecule has 174 valence electrons. The number of fused-ring (bicyclic) bond motifs is 3. The van der Waals surface area contributed by atoms with Gasteiger partial charge in [-0.25, -0.2) is 4.39 Å². The van der Waals surface area contributed by atoms with Gasteiger partial charge in [0.2, 0.25) is 5.78 Å². The highest BCUT2D eigenvalue weighted by Gasteiger charge is 2.33. The van der Waals surface area contributed by atoms with Crippen molar-refractivity contribution in [3.63, 3.8) is 0 Å². The number of hydrogen-bond donors (Lipinski definition) is 0. The Hall–Kier alpha value is -3.84. The predicted octanol–water partition coefficient (Wildman–Crippen LogP) is 4.85. The molecular weight excluding hydrogens is 437 g/mol. The number of carbonyl (C=O) groups excluding carboxylic acids is 1. The maximum Gasteiger partial charge on any atom is 0.231 e. The van der Waals surface area contributed by atoms with E-state index in [-0.39, 0.29) is 17.4 Å². The van der Waals surface area contributed by atoms with Gasteiger partial charge < -0.3 is 18.9 Å². The smallest absolute Gasteiger partial charge is 0.231 e. The molecule has 5 rings (SSSR count). The second kappa shape index (κ2) is 9.19. The molecule has 0 amide bonds. The average Bonchev–Trinajstić information content (AvgIpc) is 3.19. The molecule has 0 spiro atoms. The normalized spacial score (nSPS) is 16.0. The lowest BCUT2D eigenvalue weighted by atomic mass is 10.0. The first-order chi connectivity index (χ1) is 16.6. The number of carbonyl (C=O) groups is 1. The van der Waals surface area contributed by atoms with Gasteiger partial charge >= 0.3 is 0 Å². The van der Waals surface area contributed by atoms with Crippen molar-refractivity contribution in [2.75, 3.05) is 27.5 Å². The van der Waals surface area contributed by atoms with Crippen LogP contribution in [0.15, 0.2) is 60.4 Å². The Morgan fingerprint density at radius 2 is 1.82 bits per heavy atom. The summed E-state index contributed by atoms with van der Waals surface area (Å²) in [5.41, 5.74) is 3.18. The van der Waals surface area contributed by atoms with E-state index in [1.807, 2.05) is 24.3 Å². The van der Waals surface area contributed by atoms with E-state index in [1.165, 1.54) is 12.1 Å². The van der Waals surface area contributed by atoms with Crippen molar-refractivity contribution in [2.45, 2.75) is 13.0 Å². The number of halogens is 1. The lowest BCUT2D eigenvalue weighted by Gasteiger charge is -2.29. The molecule has 3 aromatic rings. The largest absolute Gasteiger partial charge is 0.493 e. The number of hydrogen-bond acceptors (Lipinski definition) is 6. The van der Waals surface area contributed by atoms with Crippen LogP contribution in [0.2, 0.25) is 0 Å². The molecule has 0 saturated heterocycles. The molecule has 0 atom stereocenters. The van der Waals surface area contributed by atoms with Gasteiger partial charge in [0.25, 0.3) is 0 Å². The average molecular weight is 461 g/mol. The molecule has 2 aliphatic rings. The topological polar surface area (TPSA) is 57.2 Å². The summed E-state index contributed by atoms with van der Waals surface area (Å²) >= 11 is 0. The first kappa shape index (κ1) is 22.0. The Balaban J connectivity index is 1.32. The van der Waals surface area contributed by atoms with Crippen molar-refractivity contribution in [3.8, 4) is 23.0 Å². The summed E-state index contributed by atoms with van der Waals surface area (Å²) in [7, 11) is 3.24. The van der Waals surface area contributed by atoms with Crippen molar-refractivity contribution in [3.05, 3.63) is 88.4 Å². The second-order valence-electron chi connectivity index (χ2n) is 8.18. The van der Waals surface area contributed by atoms with Gasteiger partial charge in [0.15, 0.2) is 17.3 Å². The molecule has 2 aliphatic heterocycles. The predicted molar refractivity (Wildman–Crippen MR) is 125 cm³/mol. The molecule has 0 fully saturated rings.